The molecule has 1 unspecified atom stereocenters. The molecule has 0 spiro atoms. The number of benzene rings is 1. The predicted molar refractivity (Wildman–Crippen MR) is 66.4 cm³/mol. The van der Waals surface area contributed by atoms with Crippen LogP contribution < -0.4 is 0 Å². The van der Waals surface area contributed by atoms with Crippen molar-refractivity contribution < 1.29 is 19.4 Å². The van der Waals surface area contributed by atoms with Crippen molar-refractivity contribution in [1.29, 1.82) is 0 Å². The van der Waals surface area contributed by atoms with Crippen LogP contribution in [-0.4, -0.2) is 16.2 Å². The summed E-state index contributed by atoms with van der Waals surface area (Å²) in [5.74, 6) is -0.312. The van der Waals surface area contributed by atoms with E-state index in [0.717, 1.165) is 5.56 Å². The summed E-state index contributed by atoms with van der Waals surface area (Å²) in [6.07, 6.45) is -1.53. The molecule has 0 amide bonds. The topological polar surface area (TPSA) is 70.7 Å². The lowest BCUT2D eigenvalue weighted by atomic mass is 10.2. The minimum atomic E-state index is -1.14. The average Bonchev–Trinajstić information content (AvgIpc) is 2.77. The molecule has 2 rings (SSSR count). The molecule has 0 saturated heterocycles. The van der Waals surface area contributed by atoms with Gasteiger partial charge in [0.05, 0.1) is 6.42 Å². The molecule has 0 fully saturated rings. The molecule has 5 heteroatoms. The molecule has 1 aromatic heterocycles. The van der Waals surface area contributed by atoms with Crippen LogP contribution in [0.1, 0.15) is 18.3 Å². The number of halogens is 1. The molecule has 0 aliphatic rings. The van der Waals surface area contributed by atoms with E-state index in [4.69, 9.17) is 21.1 Å². The van der Waals surface area contributed by atoms with Gasteiger partial charge in [-0.05, 0) is 24.3 Å². The molecular formula is C13H11ClO4. The Morgan fingerprint density at radius 2 is 2.11 bits per heavy atom. The number of hydrogen-bond donors (Lipinski definition) is 2. The minimum Gasteiger partial charge on any atom is -0.481 e. The van der Waals surface area contributed by atoms with Gasteiger partial charge in [0, 0.05) is 10.6 Å². The maximum atomic E-state index is 10.5. The lowest BCUT2D eigenvalue weighted by Crippen LogP contribution is -2.04. The molecule has 2 N–H and O–H groups in total. The van der Waals surface area contributed by atoms with E-state index in [2.05, 4.69) is 0 Å². The van der Waals surface area contributed by atoms with Crippen LogP contribution in [0.15, 0.2) is 40.8 Å². The Kier molecular flexibility index (Phi) is 3.69. The predicted octanol–water partition coefficient (Wildman–Crippen LogP) is 3.11. The van der Waals surface area contributed by atoms with Gasteiger partial charge in [-0.2, -0.15) is 0 Å². The Bertz CT molecular complexity index is 562. The third-order valence-corrected chi connectivity index (χ3v) is 2.67. The van der Waals surface area contributed by atoms with Crippen LogP contribution in [0, 0.1) is 0 Å². The van der Waals surface area contributed by atoms with Crippen LogP contribution in [0.5, 0.6) is 0 Å². The summed E-state index contributed by atoms with van der Waals surface area (Å²) >= 11 is 5.86. The van der Waals surface area contributed by atoms with Gasteiger partial charge in [-0.1, -0.05) is 23.7 Å². The van der Waals surface area contributed by atoms with E-state index in [9.17, 15) is 9.90 Å². The van der Waals surface area contributed by atoms with Crippen molar-refractivity contribution in [2.24, 2.45) is 0 Å². The number of aliphatic carboxylic acids is 1. The number of aliphatic hydroxyl groups excluding tert-OH is 1. The molecule has 0 radical (unpaired) electrons. The first-order chi connectivity index (χ1) is 8.56. The second kappa shape index (κ2) is 5.25. The van der Waals surface area contributed by atoms with Crippen molar-refractivity contribution in [3.05, 3.63) is 47.2 Å². The van der Waals surface area contributed by atoms with E-state index >= 15 is 0 Å². The SMILES string of the molecule is O=C(O)CC(O)c1ccc(-c2cccc(Cl)c2)o1. The van der Waals surface area contributed by atoms with Gasteiger partial charge in [0.15, 0.2) is 0 Å². The van der Waals surface area contributed by atoms with Crippen molar-refractivity contribution in [3.8, 4) is 11.3 Å². The summed E-state index contributed by atoms with van der Waals surface area (Å²) in [6, 6.07) is 10.3. The van der Waals surface area contributed by atoms with Gasteiger partial charge in [-0.15, -0.1) is 0 Å². The first-order valence-corrected chi connectivity index (χ1v) is 5.69. The van der Waals surface area contributed by atoms with Crippen molar-refractivity contribution in [2.45, 2.75) is 12.5 Å². The third-order valence-electron chi connectivity index (χ3n) is 2.43. The van der Waals surface area contributed by atoms with E-state index in [1.54, 1.807) is 30.3 Å². The highest BCUT2D eigenvalue weighted by molar-refractivity contribution is 6.30. The highest BCUT2D eigenvalue weighted by Crippen LogP contribution is 2.28. The van der Waals surface area contributed by atoms with Gasteiger partial charge in [-0.3, -0.25) is 4.79 Å². The maximum absolute atomic E-state index is 10.5. The summed E-state index contributed by atoms with van der Waals surface area (Å²) < 4.78 is 5.42. The third kappa shape index (κ3) is 2.91. The highest BCUT2D eigenvalue weighted by Gasteiger charge is 2.16. The van der Waals surface area contributed by atoms with Gasteiger partial charge in [-0.25, -0.2) is 0 Å². The molecule has 0 saturated carbocycles. The van der Waals surface area contributed by atoms with Gasteiger partial charge >= 0.3 is 5.97 Å². The van der Waals surface area contributed by atoms with Gasteiger partial charge in [0.25, 0.3) is 0 Å². The fourth-order valence-corrected chi connectivity index (χ4v) is 1.79. The summed E-state index contributed by atoms with van der Waals surface area (Å²) in [4.78, 5) is 10.5. The maximum Gasteiger partial charge on any atom is 0.306 e. The second-order valence-corrected chi connectivity index (χ2v) is 4.26. The summed E-state index contributed by atoms with van der Waals surface area (Å²) in [7, 11) is 0. The highest BCUT2D eigenvalue weighted by atomic mass is 35.5. The molecular weight excluding hydrogens is 256 g/mol. The van der Waals surface area contributed by atoms with E-state index in [-0.39, 0.29) is 12.2 Å². The molecule has 18 heavy (non-hydrogen) atoms. The molecule has 0 bridgehead atoms. The van der Waals surface area contributed by atoms with E-state index in [0.29, 0.717) is 10.8 Å². The smallest absolute Gasteiger partial charge is 0.306 e. The van der Waals surface area contributed by atoms with Gasteiger partial charge < -0.3 is 14.6 Å². The zero-order valence-corrected chi connectivity index (χ0v) is 10.1. The van der Waals surface area contributed by atoms with E-state index < -0.39 is 12.1 Å². The van der Waals surface area contributed by atoms with Crippen LogP contribution in [-0.2, 0) is 4.79 Å². The number of hydrogen-bond acceptors (Lipinski definition) is 3. The number of carbonyl (C=O) groups is 1. The number of rotatable bonds is 4. The standard InChI is InChI=1S/C13H11ClO4/c14-9-3-1-2-8(6-9)11-4-5-12(18-11)10(15)7-13(16)17/h1-6,10,15H,7H2,(H,16,17). The zero-order chi connectivity index (χ0) is 13.1. The quantitative estimate of drug-likeness (QED) is 0.892. The zero-order valence-electron chi connectivity index (χ0n) is 9.34. The summed E-state index contributed by atoms with van der Waals surface area (Å²) in [6.45, 7) is 0. The van der Waals surface area contributed by atoms with Crippen LogP contribution in [0.4, 0.5) is 0 Å². The lowest BCUT2D eigenvalue weighted by Gasteiger charge is -2.03. The van der Waals surface area contributed by atoms with Crippen molar-refractivity contribution in [2.75, 3.05) is 0 Å². The largest absolute Gasteiger partial charge is 0.481 e. The van der Waals surface area contributed by atoms with Crippen LogP contribution in [0.25, 0.3) is 11.3 Å². The van der Waals surface area contributed by atoms with Gasteiger partial charge in [0.2, 0.25) is 0 Å². The van der Waals surface area contributed by atoms with E-state index in [1.165, 1.54) is 0 Å². The molecule has 1 aromatic carbocycles. The molecule has 2 aromatic rings. The Balaban J connectivity index is 2.22. The molecule has 1 heterocycles. The van der Waals surface area contributed by atoms with Crippen LogP contribution in [0.3, 0.4) is 0 Å². The summed E-state index contributed by atoms with van der Waals surface area (Å²) in [5, 5.41) is 18.8. The van der Waals surface area contributed by atoms with Gasteiger partial charge in [0.1, 0.15) is 17.6 Å². The lowest BCUT2D eigenvalue weighted by molar-refractivity contribution is -0.139. The Hall–Kier alpha value is -1.78. The number of furan rings is 1. The number of carboxylic acids is 1. The molecule has 0 aliphatic heterocycles. The average molecular weight is 267 g/mol. The second-order valence-electron chi connectivity index (χ2n) is 3.83. The molecule has 4 nitrogen and oxygen atoms in total. The first kappa shape index (κ1) is 12.7. The minimum absolute atomic E-state index is 0.229. The Labute approximate surface area is 108 Å². The van der Waals surface area contributed by atoms with Crippen molar-refractivity contribution >= 4 is 17.6 Å². The summed E-state index contributed by atoms with van der Waals surface area (Å²) in [5.41, 5.74) is 0.774. The Morgan fingerprint density at radius 1 is 1.33 bits per heavy atom. The fourth-order valence-electron chi connectivity index (χ4n) is 1.59. The number of carboxylic acid groups (broad SMARTS) is 1. The fraction of sp³-hybridized carbons (Fsp3) is 0.154. The molecule has 94 valence electrons. The van der Waals surface area contributed by atoms with Crippen LogP contribution >= 0.6 is 11.6 Å². The first-order valence-electron chi connectivity index (χ1n) is 5.32. The van der Waals surface area contributed by atoms with Crippen molar-refractivity contribution in [3.63, 3.8) is 0 Å². The van der Waals surface area contributed by atoms with Crippen molar-refractivity contribution in [1.82, 2.24) is 0 Å². The molecule has 0 aliphatic carbocycles. The number of aliphatic hydroxyl groups is 1. The van der Waals surface area contributed by atoms with E-state index in [1.807, 2.05) is 6.07 Å². The normalized spacial score (nSPS) is 12.3. The molecule has 1 atom stereocenters. The Morgan fingerprint density at radius 3 is 2.78 bits per heavy atom. The monoisotopic (exact) mass is 266 g/mol. The van der Waals surface area contributed by atoms with Crippen LogP contribution in [0.2, 0.25) is 5.02 Å².